The van der Waals surface area contributed by atoms with E-state index in [-0.39, 0.29) is 5.91 Å². The highest BCUT2D eigenvalue weighted by molar-refractivity contribution is 5.77. The van der Waals surface area contributed by atoms with Crippen molar-refractivity contribution >= 4 is 18.6 Å². The van der Waals surface area contributed by atoms with Gasteiger partial charge in [0.05, 0.1) is 0 Å². The quantitative estimate of drug-likeness (QED) is 0.761. The van der Waals surface area contributed by atoms with E-state index in [4.69, 9.17) is 0 Å². The number of hydrogen-bond acceptors (Lipinski definition) is 1. The van der Waals surface area contributed by atoms with E-state index in [2.05, 4.69) is 11.9 Å². The van der Waals surface area contributed by atoms with Crippen molar-refractivity contribution in [1.82, 2.24) is 5.32 Å². The SMILES string of the molecule is C=c1cccc/c1=C/C=C/CC(=O)NC. The average molecular weight is 201 g/mol. The summed E-state index contributed by atoms with van der Waals surface area (Å²) in [6.45, 7) is 3.91. The Labute approximate surface area is 89.6 Å². The van der Waals surface area contributed by atoms with Gasteiger partial charge in [-0.25, -0.2) is 0 Å². The lowest BCUT2D eigenvalue weighted by molar-refractivity contribution is -0.119. The summed E-state index contributed by atoms with van der Waals surface area (Å²) in [7, 11) is 1.63. The van der Waals surface area contributed by atoms with Crippen LogP contribution in [0.25, 0.3) is 12.7 Å². The van der Waals surface area contributed by atoms with Crippen LogP contribution in [0.15, 0.2) is 36.4 Å². The topological polar surface area (TPSA) is 29.1 Å². The Morgan fingerprint density at radius 1 is 1.47 bits per heavy atom. The molecule has 0 spiro atoms. The van der Waals surface area contributed by atoms with Crippen molar-refractivity contribution in [3.05, 3.63) is 46.9 Å². The highest BCUT2D eigenvalue weighted by atomic mass is 16.1. The molecule has 0 aliphatic heterocycles. The third kappa shape index (κ3) is 3.81. The van der Waals surface area contributed by atoms with E-state index in [0.29, 0.717) is 6.42 Å². The van der Waals surface area contributed by atoms with Crippen LogP contribution in [-0.2, 0) is 4.79 Å². The van der Waals surface area contributed by atoms with Gasteiger partial charge in [-0.15, -0.1) is 0 Å². The molecule has 0 saturated carbocycles. The van der Waals surface area contributed by atoms with Crippen LogP contribution in [0.3, 0.4) is 0 Å². The summed E-state index contributed by atoms with van der Waals surface area (Å²) in [5.41, 5.74) is 0. The Morgan fingerprint density at radius 3 is 2.87 bits per heavy atom. The first-order chi connectivity index (χ1) is 7.24. The molecular weight excluding hydrogens is 186 g/mol. The molecule has 0 saturated heterocycles. The van der Waals surface area contributed by atoms with Gasteiger partial charge in [-0.3, -0.25) is 4.79 Å². The van der Waals surface area contributed by atoms with Crippen LogP contribution in [0.4, 0.5) is 0 Å². The Morgan fingerprint density at radius 2 is 2.20 bits per heavy atom. The molecule has 0 aromatic heterocycles. The second kappa shape index (κ2) is 5.81. The number of amides is 1. The first-order valence-electron chi connectivity index (χ1n) is 4.85. The van der Waals surface area contributed by atoms with Crippen molar-refractivity contribution in [3.8, 4) is 0 Å². The summed E-state index contributed by atoms with van der Waals surface area (Å²) in [5.74, 6) is 0.0163. The zero-order valence-corrected chi connectivity index (χ0v) is 8.86. The zero-order chi connectivity index (χ0) is 11.1. The maximum Gasteiger partial charge on any atom is 0.223 e. The van der Waals surface area contributed by atoms with Gasteiger partial charge in [-0.1, -0.05) is 49.1 Å². The highest BCUT2D eigenvalue weighted by Crippen LogP contribution is 1.83. The fourth-order valence-electron chi connectivity index (χ4n) is 1.15. The average Bonchev–Trinajstić information content (AvgIpc) is 2.26. The molecule has 0 bridgehead atoms. The van der Waals surface area contributed by atoms with Crippen LogP contribution < -0.4 is 15.8 Å². The monoisotopic (exact) mass is 201 g/mol. The lowest BCUT2D eigenvalue weighted by Gasteiger charge is -1.90. The Kier molecular flexibility index (Phi) is 4.35. The number of benzene rings is 1. The van der Waals surface area contributed by atoms with E-state index >= 15 is 0 Å². The van der Waals surface area contributed by atoms with Crippen molar-refractivity contribution in [1.29, 1.82) is 0 Å². The van der Waals surface area contributed by atoms with Crippen LogP contribution in [0, 0.1) is 0 Å². The normalized spacial score (nSPS) is 11.9. The molecule has 0 atom stereocenters. The largest absolute Gasteiger partial charge is 0.359 e. The Balaban J connectivity index is 2.70. The van der Waals surface area contributed by atoms with Crippen molar-refractivity contribution in [3.63, 3.8) is 0 Å². The van der Waals surface area contributed by atoms with Crippen LogP contribution >= 0.6 is 0 Å². The van der Waals surface area contributed by atoms with E-state index in [1.54, 1.807) is 7.05 Å². The molecule has 0 aliphatic carbocycles. The zero-order valence-electron chi connectivity index (χ0n) is 8.86. The number of hydrogen-bond donors (Lipinski definition) is 1. The van der Waals surface area contributed by atoms with Gasteiger partial charge < -0.3 is 5.32 Å². The predicted octanol–water partition coefficient (Wildman–Crippen LogP) is 0.570. The molecule has 0 aliphatic rings. The summed E-state index contributed by atoms with van der Waals surface area (Å²) in [4.78, 5) is 10.9. The van der Waals surface area contributed by atoms with Crippen molar-refractivity contribution in [2.45, 2.75) is 6.42 Å². The first-order valence-corrected chi connectivity index (χ1v) is 4.85. The molecule has 0 heterocycles. The van der Waals surface area contributed by atoms with E-state index < -0.39 is 0 Å². The molecule has 0 radical (unpaired) electrons. The summed E-state index contributed by atoms with van der Waals surface area (Å²) in [6.07, 6.45) is 6.06. The molecule has 78 valence electrons. The molecule has 1 aromatic rings. The Hall–Kier alpha value is -1.83. The van der Waals surface area contributed by atoms with Crippen LogP contribution in [-0.4, -0.2) is 13.0 Å². The number of carbonyl (C=O) groups excluding carboxylic acids is 1. The summed E-state index contributed by atoms with van der Waals surface area (Å²) >= 11 is 0. The molecular formula is C13H15NO. The molecule has 1 aromatic carbocycles. The van der Waals surface area contributed by atoms with Gasteiger partial charge in [0.1, 0.15) is 0 Å². The number of nitrogens with one attached hydrogen (secondary N) is 1. The number of rotatable bonds is 3. The van der Waals surface area contributed by atoms with Gasteiger partial charge in [-0.05, 0) is 10.4 Å². The minimum absolute atomic E-state index is 0.0163. The molecule has 2 nitrogen and oxygen atoms in total. The number of allylic oxidation sites excluding steroid dienone is 1. The second-order valence-corrected chi connectivity index (χ2v) is 3.17. The van der Waals surface area contributed by atoms with Crippen LogP contribution in [0.5, 0.6) is 0 Å². The first kappa shape index (κ1) is 11.2. The predicted molar refractivity (Wildman–Crippen MR) is 63.5 cm³/mol. The molecule has 1 rings (SSSR count). The maximum absolute atomic E-state index is 10.9. The van der Waals surface area contributed by atoms with Gasteiger partial charge in [0.25, 0.3) is 0 Å². The van der Waals surface area contributed by atoms with Crippen molar-refractivity contribution in [2.75, 3.05) is 7.05 Å². The van der Waals surface area contributed by atoms with Crippen molar-refractivity contribution in [2.24, 2.45) is 0 Å². The van der Waals surface area contributed by atoms with E-state index in [9.17, 15) is 4.79 Å². The lowest BCUT2D eigenvalue weighted by atomic mass is 10.2. The third-order valence-corrected chi connectivity index (χ3v) is 2.05. The minimum atomic E-state index is 0.0163. The summed E-state index contributed by atoms with van der Waals surface area (Å²) in [5, 5.41) is 4.62. The number of carbonyl (C=O) groups is 1. The second-order valence-electron chi connectivity index (χ2n) is 3.17. The van der Waals surface area contributed by atoms with Crippen molar-refractivity contribution < 1.29 is 4.79 Å². The fraction of sp³-hybridized carbons (Fsp3) is 0.154. The molecule has 1 amide bonds. The lowest BCUT2D eigenvalue weighted by Crippen LogP contribution is -2.21. The van der Waals surface area contributed by atoms with Crippen LogP contribution in [0.1, 0.15) is 6.42 Å². The van der Waals surface area contributed by atoms with E-state index in [1.807, 2.05) is 42.5 Å². The van der Waals surface area contributed by atoms with Gasteiger partial charge in [0.2, 0.25) is 5.91 Å². The Bertz CT molecular complexity index is 460. The standard InChI is InChI=1S/C13H15NO/c1-11-7-3-4-8-12(11)9-5-6-10-13(15)14-2/h3-9H,1,10H2,2H3,(H,14,15)/b6-5+,12-9-. The minimum Gasteiger partial charge on any atom is -0.359 e. The van der Waals surface area contributed by atoms with E-state index in [0.717, 1.165) is 10.4 Å². The van der Waals surface area contributed by atoms with Gasteiger partial charge in [-0.2, -0.15) is 0 Å². The molecule has 2 heteroatoms. The maximum atomic E-state index is 10.9. The highest BCUT2D eigenvalue weighted by Gasteiger charge is 1.89. The molecule has 0 unspecified atom stereocenters. The molecule has 0 fully saturated rings. The van der Waals surface area contributed by atoms with Gasteiger partial charge in [0.15, 0.2) is 0 Å². The molecule has 15 heavy (non-hydrogen) atoms. The third-order valence-electron chi connectivity index (χ3n) is 2.05. The summed E-state index contributed by atoms with van der Waals surface area (Å²) < 4.78 is 0. The summed E-state index contributed by atoms with van der Waals surface area (Å²) in [6, 6.07) is 7.87. The van der Waals surface area contributed by atoms with Gasteiger partial charge in [0, 0.05) is 13.5 Å². The fourth-order valence-corrected chi connectivity index (χ4v) is 1.15. The smallest absolute Gasteiger partial charge is 0.223 e. The molecule has 1 N–H and O–H groups in total. The van der Waals surface area contributed by atoms with Gasteiger partial charge >= 0.3 is 0 Å². The van der Waals surface area contributed by atoms with E-state index in [1.165, 1.54) is 0 Å². The van der Waals surface area contributed by atoms with Crippen LogP contribution in [0.2, 0.25) is 0 Å².